The molecule has 1 aliphatic rings. The lowest BCUT2D eigenvalue weighted by Gasteiger charge is -2.18. The van der Waals surface area contributed by atoms with Crippen molar-refractivity contribution in [1.82, 2.24) is 10.2 Å². The van der Waals surface area contributed by atoms with Crippen molar-refractivity contribution in [2.75, 3.05) is 31.7 Å². The molecule has 1 fully saturated rings. The molecule has 1 saturated heterocycles. The highest BCUT2D eigenvalue weighted by molar-refractivity contribution is 5.96. The first-order valence-corrected chi connectivity index (χ1v) is 6.51. The van der Waals surface area contributed by atoms with Gasteiger partial charge in [0.1, 0.15) is 5.69 Å². The van der Waals surface area contributed by atoms with Gasteiger partial charge in [-0.05, 0) is 19.1 Å². The lowest BCUT2D eigenvalue weighted by Crippen LogP contribution is -2.27. The van der Waals surface area contributed by atoms with Gasteiger partial charge in [0.2, 0.25) is 5.91 Å². The average Bonchev–Trinajstić information content (AvgIpc) is 2.86. The molecule has 0 bridgehead atoms. The highest BCUT2D eigenvalue weighted by Gasteiger charge is 2.30. The van der Waals surface area contributed by atoms with E-state index in [4.69, 9.17) is 0 Å². The number of nitrogens with zero attached hydrogens (tertiary/aromatic N) is 3. The van der Waals surface area contributed by atoms with Gasteiger partial charge in [-0.1, -0.05) is 0 Å². The highest BCUT2D eigenvalue weighted by atomic mass is 16.6. The summed E-state index contributed by atoms with van der Waals surface area (Å²) in [5, 5.41) is 13.6. The van der Waals surface area contributed by atoms with Crippen LogP contribution < -0.4 is 10.2 Å². The SMILES string of the molecule is CCN1CN(c2ccc(C(=O)NC)cc2[N+](=O)[O-])CC1=O. The molecule has 2 amide bonds. The summed E-state index contributed by atoms with van der Waals surface area (Å²) in [4.78, 5) is 37.2. The fourth-order valence-electron chi connectivity index (χ4n) is 2.26. The normalized spacial score (nSPS) is 14.5. The molecule has 0 atom stereocenters. The number of nitro groups is 1. The van der Waals surface area contributed by atoms with Crippen LogP contribution in [0.3, 0.4) is 0 Å². The summed E-state index contributed by atoms with van der Waals surface area (Å²) in [7, 11) is 1.46. The Morgan fingerprint density at radius 1 is 1.48 bits per heavy atom. The van der Waals surface area contributed by atoms with Crippen LogP contribution in [0.2, 0.25) is 0 Å². The molecule has 1 N–H and O–H groups in total. The van der Waals surface area contributed by atoms with E-state index in [1.807, 2.05) is 6.92 Å². The number of hydrogen-bond acceptors (Lipinski definition) is 5. The van der Waals surface area contributed by atoms with E-state index < -0.39 is 10.8 Å². The summed E-state index contributed by atoms with van der Waals surface area (Å²) in [6.07, 6.45) is 0. The number of rotatable bonds is 4. The monoisotopic (exact) mass is 292 g/mol. The van der Waals surface area contributed by atoms with Crippen molar-refractivity contribution in [2.45, 2.75) is 6.92 Å². The number of anilines is 1. The Labute approximate surface area is 121 Å². The molecule has 0 saturated carbocycles. The Morgan fingerprint density at radius 3 is 2.71 bits per heavy atom. The number of nitrogens with one attached hydrogen (secondary N) is 1. The first-order valence-electron chi connectivity index (χ1n) is 6.51. The van der Waals surface area contributed by atoms with Crippen molar-refractivity contribution in [3.05, 3.63) is 33.9 Å². The standard InChI is InChI=1S/C13H16N4O4/c1-3-15-8-16(7-12(15)18)10-5-4-9(13(19)14-2)6-11(10)17(20)21/h4-6H,3,7-8H2,1-2H3,(H,14,19). The first-order chi connectivity index (χ1) is 9.97. The molecule has 1 aliphatic heterocycles. The molecule has 0 aromatic heterocycles. The van der Waals surface area contributed by atoms with Crippen LogP contribution in [0.4, 0.5) is 11.4 Å². The summed E-state index contributed by atoms with van der Waals surface area (Å²) in [5.41, 5.74) is 0.379. The summed E-state index contributed by atoms with van der Waals surface area (Å²) >= 11 is 0. The van der Waals surface area contributed by atoms with Crippen molar-refractivity contribution < 1.29 is 14.5 Å². The van der Waals surface area contributed by atoms with Gasteiger partial charge < -0.3 is 15.1 Å². The molecule has 8 nitrogen and oxygen atoms in total. The molecular formula is C13H16N4O4. The van der Waals surface area contributed by atoms with E-state index in [2.05, 4.69) is 5.32 Å². The zero-order valence-corrected chi connectivity index (χ0v) is 11.8. The van der Waals surface area contributed by atoms with E-state index in [0.29, 0.717) is 18.9 Å². The molecular weight excluding hydrogens is 276 g/mol. The number of nitro benzene ring substituents is 1. The van der Waals surface area contributed by atoms with Gasteiger partial charge in [-0.25, -0.2) is 0 Å². The van der Waals surface area contributed by atoms with E-state index >= 15 is 0 Å². The van der Waals surface area contributed by atoms with Crippen LogP contribution in [0.1, 0.15) is 17.3 Å². The van der Waals surface area contributed by atoms with Crippen molar-refractivity contribution >= 4 is 23.2 Å². The molecule has 0 radical (unpaired) electrons. The van der Waals surface area contributed by atoms with Gasteiger partial charge in [-0.15, -0.1) is 0 Å². The van der Waals surface area contributed by atoms with Crippen LogP contribution >= 0.6 is 0 Å². The zero-order valence-electron chi connectivity index (χ0n) is 11.8. The molecule has 21 heavy (non-hydrogen) atoms. The van der Waals surface area contributed by atoms with Gasteiger partial charge in [0.25, 0.3) is 11.6 Å². The average molecular weight is 292 g/mol. The number of carbonyl (C=O) groups is 2. The van der Waals surface area contributed by atoms with Crippen molar-refractivity contribution in [2.24, 2.45) is 0 Å². The summed E-state index contributed by atoms with van der Waals surface area (Å²) in [6, 6.07) is 4.25. The van der Waals surface area contributed by atoms with Crippen molar-refractivity contribution in [1.29, 1.82) is 0 Å². The van der Waals surface area contributed by atoms with Crippen LogP contribution in [0.25, 0.3) is 0 Å². The number of amides is 2. The summed E-state index contributed by atoms with van der Waals surface area (Å²) < 4.78 is 0. The lowest BCUT2D eigenvalue weighted by molar-refractivity contribution is -0.384. The van der Waals surface area contributed by atoms with E-state index in [0.717, 1.165) is 0 Å². The Bertz CT molecular complexity index is 602. The maximum Gasteiger partial charge on any atom is 0.293 e. The third kappa shape index (κ3) is 2.78. The van der Waals surface area contributed by atoms with E-state index in [1.165, 1.54) is 25.2 Å². The fourth-order valence-corrected chi connectivity index (χ4v) is 2.26. The van der Waals surface area contributed by atoms with Gasteiger partial charge in [-0.3, -0.25) is 19.7 Å². The Balaban J connectivity index is 2.38. The minimum absolute atomic E-state index is 0.0674. The smallest absolute Gasteiger partial charge is 0.293 e. The predicted molar refractivity (Wildman–Crippen MR) is 76.1 cm³/mol. The molecule has 0 aliphatic carbocycles. The molecule has 2 rings (SSSR count). The quantitative estimate of drug-likeness (QED) is 0.647. The molecule has 1 aromatic carbocycles. The highest BCUT2D eigenvalue weighted by Crippen LogP contribution is 2.31. The van der Waals surface area contributed by atoms with Crippen LogP contribution in [0, 0.1) is 10.1 Å². The van der Waals surface area contributed by atoms with Gasteiger partial charge >= 0.3 is 0 Å². The van der Waals surface area contributed by atoms with Crippen molar-refractivity contribution in [3.8, 4) is 0 Å². The van der Waals surface area contributed by atoms with Gasteiger partial charge in [-0.2, -0.15) is 0 Å². The molecule has 1 aromatic rings. The van der Waals surface area contributed by atoms with Crippen LogP contribution in [-0.4, -0.2) is 48.4 Å². The molecule has 112 valence electrons. The molecule has 8 heteroatoms. The van der Waals surface area contributed by atoms with Gasteiger partial charge in [0.15, 0.2) is 0 Å². The zero-order chi connectivity index (χ0) is 15.6. The molecule has 0 unspecified atom stereocenters. The molecule has 0 spiro atoms. The number of likely N-dealkylation sites (N-methyl/N-ethyl adjacent to an activating group) is 1. The van der Waals surface area contributed by atoms with E-state index in [-0.39, 0.29) is 23.7 Å². The second-order valence-corrected chi connectivity index (χ2v) is 4.63. The van der Waals surface area contributed by atoms with E-state index in [1.54, 1.807) is 9.80 Å². The second kappa shape index (κ2) is 5.78. The largest absolute Gasteiger partial charge is 0.355 e. The maximum atomic E-state index is 11.7. The lowest BCUT2D eigenvalue weighted by atomic mass is 10.1. The topological polar surface area (TPSA) is 95.8 Å². The molecule has 1 heterocycles. The van der Waals surface area contributed by atoms with Crippen LogP contribution in [-0.2, 0) is 4.79 Å². The van der Waals surface area contributed by atoms with Gasteiger partial charge in [0, 0.05) is 25.2 Å². The minimum atomic E-state index is -0.541. The Morgan fingerprint density at radius 2 is 2.19 bits per heavy atom. The number of carbonyl (C=O) groups excluding carboxylic acids is 2. The fraction of sp³-hybridized carbons (Fsp3) is 0.385. The minimum Gasteiger partial charge on any atom is -0.355 e. The van der Waals surface area contributed by atoms with Crippen LogP contribution in [0.5, 0.6) is 0 Å². The second-order valence-electron chi connectivity index (χ2n) is 4.63. The summed E-state index contributed by atoms with van der Waals surface area (Å²) in [5.74, 6) is -0.459. The number of benzene rings is 1. The van der Waals surface area contributed by atoms with Gasteiger partial charge in [0.05, 0.1) is 18.1 Å². The Kier molecular flexibility index (Phi) is 4.06. The maximum absolute atomic E-state index is 11.7. The third-order valence-electron chi connectivity index (χ3n) is 3.40. The summed E-state index contributed by atoms with van der Waals surface area (Å²) in [6.45, 7) is 2.83. The first kappa shape index (κ1) is 14.8. The van der Waals surface area contributed by atoms with Crippen LogP contribution in [0.15, 0.2) is 18.2 Å². The predicted octanol–water partition coefficient (Wildman–Crippen LogP) is 0.580. The Hall–Kier alpha value is -2.64. The van der Waals surface area contributed by atoms with Crippen molar-refractivity contribution in [3.63, 3.8) is 0 Å². The third-order valence-corrected chi connectivity index (χ3v) is 3.40. The van der Waals surface area contributed by atoms with E-state index in [9.17, 15) is 19.7 Å². The number of hydrogen-bond donors (Lipinski definition) is 1.